The second kappa shape index (κ2) is 7.18. The van der Waals surface area contributed by atoms with Gasteiger partial charge in [-0.3, -0.25) is 4.79 Å². The van der Waals surface area contributed by atoms with Crippen molar-refractivity contribution in [1.29, 1.82) is 0 Å². The molecule has 0 saturated carbocycles. The zero-order chi connectivity index (χ0) is 16.9. The highest BCUT2D eigenvalue weighted by Gasteiger charge is 2.16. The van der Waals surface area contributed by atoms with Crippen molar-refractivity contribution in [2.45, 2.75) is 20.4 Å². The predicted molar refractivity (Wildman–Crippen MR) is 91.3 cm³/mol. The van der Waals surface area contributed by atoms with Crippen LogP contribution in [0.3, 0.4) is 0 Å². The maximum Gasteiger partial charge on any atom is 0.263 e. The van der Waals surface area contributed by atoms with E-state index >= 15 is 0 Å². The number of benzene rings is 1. The van der Waals surface area contributed by atoms with Crippen LogP contribution < -0.4 is 10.6 Å². The van der Waals surface area contributed by atoms with E-state index in [0.29, 0.717) is 16.4 Å². The maximum atomic E-state index is 12.4. The molecule has 1 amide bonds. The minimum absolute atomic E-state index is 0.184. The highest BCUT2D eigenvalue weighted by atomic mass is 32.1. The van der Waals surface area contributed by atoms with Crippen molar-refractivity contribution >= 4 is 22.4 Å². The molecular formula is C15H17N7OS. The average Bonchev–Trinajstić information content (AvgIpc) is 3.20. The van der Waals surface area contributed by atoms with Crippen molar-refractivity contribution in [3.63, 3.8) is 0 Å². The van der Waals surface area contributed by atoms with Crippen molar-refractivity contribution in [3.05, 3.63) is 46.7 Å². The molecule has 0 bridgehead atoms. The first-order valence-electron chi connectivity index (χ1n) is 7.51. The Kier molecular flexibility index (Phi) is 4.80. The number of thiazole rings is 1. The molecule has 0 fully saturated rings. The molecule has 8 nitrogen and oxygen atoms in total. The Hall–Kier alpha value is -2.81. The van der Waals surface area contributed by atoms with Crippen LogP contribution in [0.1, 0.15) is 28.1 Å². The largest absolute Gasteiger partial charge is 0.362 e. The highest BCUT2D eigenvalue weighted by Crippen LogP contribution is 2.22. The molecule has 24 heavy (non-hydrogen) atoms. The highest BCUT2D eigenvalue weighted by molar-refractivity contribution is 7.17. The van der Waals surface area contributed by atoms with Gasteiger partial charge in [-0.05, 0) is 36.4 Å². The number of amides is 1. The number of nitrogens with one attached hydrogen (secondary N) is 2. The van der Waals surface area contributed by atoms with Crippen LogP contribution in [0.4, 0.5) is 5.13 Å². The molecule has 2 aromatic heterocycles. The van der Waals surface area contributed by atoms with Crippen molar-refractivity contribution in [2.24, 2.45) is 0 Å². The van der Waals surface area contributed by atoms with Gasteiger partial charge in [0.2, 0.25) is 0 Å². The Morgan fingerprint density at radius 1 is 1.29 bits per heavy atom. The summed E-state index contributed by atoms with van der Waals surface area (Å²) in [4.78, 5) is 17.3. The third kappa shape index (κ3) is 3.40. The van der Waals surface area contributed by atoms with Gasteiger partial charge >= 0.3 is 0 Å². The SMILES string of the molecule is CCNc1nc(C)c(C(=O)NCc2nnnn2-c2ccccc2)s1. The van der Waals surface area contributed by atoms with E-state index in [1.165, 1.54) is 11.3 Å². The Labute approximate surface area is 142 Å². The van der Waals surface area contributed by atoms with Gasteiger partial charge in [0.1, 0.15) is 4.88 Å². The van der Waals surface area contributed by atoms with Gasteiger partial charge in [-0.1, -0.05) is 29.5 Å². The molecule has 124 valence electrons. The second-order valence-corrected chi connectivity index (χ2v) is 5.99. The number of nitrogens with zero attached hydrogens (tertiary/aromatic N) is 5. The maximum absolute atomic E-state index is 12.4. The fourth-order valence-corrected chi connectivity index (χ4v) is 3.11. The summed E-state index contributed by atoms with van der Waals surface area (Å²) < 4.78 is 1.60. The Morgan fingerprint density at radius 3 is 2.83 bits per heavy atom. The van der Waals surface area contributed by atoms with E-state index in [0.717, 1.165) is 17.4 Å². The van der Waals surface area contributed by atoms with Gasteiger partial charge in [-0.25, -0.2) is 4.98 Å². The summed E-state index contributed by atoms with van der Waals surface area (Å²) in [7, 11) is 0. The second-order valence-electron chi connectivity index (χ2n) is 4.99. The molecule has 2 N–H and O–H groups in total. The molecule has 1 aromatic carbocycles. The standard InChI is InChI=1S/C15H17N7OS/c1-3-16-15-18-10(2)13(24-15)14(23)17-9-12-19-20-21-22(12)11-7-5-4-6-8-11/h4-8H,3,9H2,1-2H3,(H,16,18)(H,17,23). The minimum Gasteiger partial charge on any atom is -0.362 e. The number of hydrogen-bond donors (Lipinski definition) is 2. The number of aryl methyl sites for hydroxylation is 1. The summed E-state index contributed by atoms with van der Waals surface area (Å²) in [5.74, 6) is 0.375. The van der Waals surface area contributed by atoms with E-state index in [1.54, 1.807) is 4.68 Å². The Balaban J connectivity index is 1.71. The van der Waals surface area contributed by atoms with Gasteiger partial charge < -0.3 is 10.6 Å². The zero-order valence-corrected chi connectivity index (χ0v) is 14.2. The Morgan fingerprint density at radius 2 is 2.08 bits per heavy atom. The van der Waals surface area contributed by atoms with Crippen LogP contribution in [-0.2, 0) is 6.54 Å². The first-order valence-corrected chi connectivity index (χ1v) is 8.33. The van der Waals surface area contributed by atoms with Gasteiger partial charge in [0.05, 0.1) is 17.9 Å². The summed E-state index contributed by atoms with van der Waals surface area (Å²) in [6.45, 7) is 4.80. The molecule has 0 aliphatic rings. The van der Waals surface area contributed by atoms with Gasteiger partial charge in [0.15, 0.2) is 11.0 Å². The van der Waals surface area contributed by atoms with E-state index in [9.17, 15) is 4.79 Å². The predicted octanol–water partition coefficient (Wildman–Crippen LogP) is 1.79. The monoisotopic (exact) mass is 343 g/mol. The minimum atomic E-state index is -0.184. The molecule has 0 aliphatic carbocycles. The van der Waals surface area contributed by atoms with Crippen LogP contribution in [0, 0.1) is 6.92 Å². The number of hydrogen-bond acceptors (Lipinski definition) is 7. The zero-order valence-electron chi connectivity index (χ0n) is 13.4. The summed E-state index contributed by atoms with van der Waals surface area (Å²) in [5.41, 5.74) is 1.55. The van der Waals surface area contributed by atoms with Crippen molar-refractivity contribution in [2.75, 3.05) is 11.9 Å². The first-order chi connectivity index (χ1) is 11.7. The lowest BCUT2D eigenvalue weighted by molar-refractivity contribution is 0.0953. The number of para-hydroxylation sites is 1. The topological polar surface area (TPSA) is 97.6 Å². The fraction of sp³-hybridized carbons (Fsp3) is 0.267. The summed E-state index contributed by atoms with van der Waals surface area (Å²) >= 11 is 1.34. The molecule has 3 aromatic rings. The molecule has 0 unspecified atom stereocenters. The van der Waals surface area contributed by atoms with Crippen molar-refractivity contribution < 1.29 is 4.79 Å². The van der Waals surface area contributed by atoms with E-state index in [4.69, 9.17) is 0 Å². The van der Waals surface area contributed by atoms with Crippen LogP contribution in [0.15, 0.2) is 30.3 Å². The van der Waals surface area contributed by atoms with Crippen LogP contribution in [0.5, 0.6) is 0 Å². The molecule has 0 spiro atoms. The van der Waals surface area contributed by atoms with E-state index in [2.05, 4.69) is 31.1 Å². The van der Waals surface area contributed by atoms with Crippen LogP contribution in [-0.4, -0.2) is 37.6 Å². The van der Waals surface area contributed by atoms with Crippen LogP contribution >= 0.6 is 11.3 Å². The fourth-order valence-electron chi connectivity index (χ4n) is 2.16. The summed E-state index contributed by atoms with van der Waals surface area (Å²) in [6, 6.07) is 9.53. The van der Waals surface area contributed by atoms with Crippen LogP contribution in [0.25, 0.3) is 5.69 Å². The number of carbonyl (C=O) groups is 1. The molecule has 3 rings (SSSR count). The molecule has 9 heteroatoms. The molecular weight excluding hydrogens is 326 g/mol. The number of aromatic nitrogens is 5. The quantitative estimate of drug-likeness (QED) is 0.708. The lowest BCUT2D eigenvalue weighted by atomic mass is 10.3. The van der Waals surface area contributed by atoms with E-state index < -0.39 is 0 Å². The normalized spacial score (nSPS) is 10.6. The molecule has 0 atom stereocenters. The average molecular weight is 343 g/mol. The van der Waals surface area contributed by atoms with Gasteiger partial charge in [-0.15, -0.1) is 5.10 Å². The molecule has 0 aliphatic heterocycles. The summed E-state index contributed by atoms with van der Waals surface area (Å²) in [6.07, 6.45) is 0. The smallest absolute Gasteiger partial charge is 0.263 e. The number of tetrazole rings is 1. The van der Waals surface area contributed by atoms with E-state index in [-0.39, 0.29) is 12.5 Å². The number of carbonyl (C=O) groups excluding carboxylic acids is 1. The van der Waals surface area contributed by atoms with Gasteiger partial charge in [0, 0.05) is 6.54 Å². The summed E-state index contributed by atoms with van der Waals surface area (Å²) in [5, 5.41) is 18.3. The first kappa shape index (κ1) is 16.1. The Bertz CT molecular complexity index is 827. The molecule has 0 saturated heterocycles. The van der Waals surface area contributed by atoms with Gasteiger partial charge in [0.25, 0.3) is 5.91 Å². The number of rotatable bonds is 6. The molecule has 2 heterocycles. The lowest BCUT2D eigenvalue weighted by Gasteiger charge is -2.05. The lowest BCUT2D eigenvalue weighted by Crippen LogP contribution is -2.24. The van der Waals surface area contributed by atoms with Crippen LogP contribution in [0.2, 0.25) is 0 Å². The molecule has 0 radical (unpaired) electrons. The van der Waals surface area contributed by atoms with Gasteiger partial charge in [-0.2, -0.15) is 4.68 Å². The van der Waals surface area contributed by atoms with Crippen molar-refractivity contribution in [3.8, 4) is 5.69 Å². The van der Waals surface area contributed by atoms with Crippen molar-refractivity contribution in [1.82, 2.24) is 30.5 Å². The number of anilines is 1. The third-order valence-corrected chi connectivity index (χ3v) is 4.39. The third-order valence-electron chi connectivity index (χ3n) is 3.27. The van der Waals surface area contributed by atoms with E-state index in [1.807, 2.05) is 44.2 Å².